The van der Waals surface area contributed by atoms with Crippen LogP contribution >= 0.6 is 0 Å². The van der Waals surface area contributed by atoms with Crippen LogP contribution in [-0.4, -0.2) is 23.7 Å². The molecule has 1 fully saturated rings. The van der Waals surface area contributed by atoms with Crippen molar-refractivity contribution in [2.45, 2.75) is 25.4 Å². The van der Waals surface area contributed by atoms with E-state index >= 15 is 0 Å². The minimum absolute atomic E-state index is 0.160. The molecule has 1 amide bonds. The average Bonchev–Trinajstić information content (AvgIpc) is 2.81. The molecule has 2 unspecified atom stereocenters. The van der Waals surface area contributed by atoms with Gasteiger partial charge in [0.05, 0.1) is 17.7 Å². The van der Waals surface area contributed by atoms with Gasteiger partial charge in [-0.3, -0.25) is 4.79 Å². The van der Waals surface area contributed by atoms with Crippen molar-refractivity contribution < 1.29 is 9.90 Å². The number of nitriles is 1. The van der Waals surface area contributed by atoms with Crippen LogP contribution in [0.2, 0.25) is 0 Å². The van der Waals surface area contributed by atoms with Crippen LogP contribution < -0.4 is 5.32 Å². The van der Waals surface area contributed by atoms with Gasteiger partial charge in [0, 0.05) is 18.0 Å². The van der Waals surface area contributed by atoms with Gasteiger partial charge in [-0.05, 0) is 31.0 Å². The number of rotatable bonds is 3. The molecule has 0 heterocycles. The van der Waals surface area contributed by atoms with Crippen molar-refractivity contribution in [3.05, 3.63) is 35.4 Å². The predicted octanol–water partition coefficient (Wildman–Crippen LogP) is 1.45. The lowest BCUT2D eigenvalue weighted by atomic mass is 10.1. The topological polar surface area (TPSA) is 73.1 Å². The molecule has 2 rings (SSSR count). The van der Waals surface area contributed by atoms with Crippen molar-refractivity contribution >= 4 is 5.91 Å². The first kappa shape index (κ1) is 12.6. The molecule has 1 aromatic carbocycles. The minimum atomic E-state index is -0.296. The quantitative estimate of drug-likeness (QED) is 0.845. The molecule has 4 heteroatoms. The fraction of sp³-hybridized carbons (Fsp3) is 0.429. The summed E-state index contributed by atoms with van der Waals surface area (Å²) in [6, 6.07) is 8.61. The number of hydrogen-bond donors (Lipinski definition) is 2. The highest BCUT2D eigenvalue weighted by atomic mass is 16.3. The maximum atomic E-state index is 11.9. The standard InChI is InChI=1S/C14H16N2O2/c15-8-10-3-1-4-11(7-10)14(18)16-9-12-5-2-6-13(12)17/h1,3-4,7,12-13,17H,2,5-6,9H2,(H,16,18). The SMILES string of the molecule is N#Cc1cccc(C(=O)NCC2CCCC2O)c1. The monoisotopic (exact) mass is 244 g/mol. The second kappa shape index (κ2) is 5.65. The smallest absolute Gasteiger partial charge is 0.251 e. The molecule has 1 aliphatic carbocycles. The van der Waals surface area contributed by atoms with Gasteiger partial charge >= 0.3 is 0 Å². The summed E-state index contributed by atoms with van der Waals surface area (Å²) in [7, 11) is 0. The van der Waals surface area contributed by atoms with E-state index in [0.29, 0.717) is 17.7 Å². The zero-order valence-corrected chi connectivity index (χ0v) is 10.1. The molecule has 0 aromatic heterocycles. The number of aliphatic hydroxyl groups is 1. The Labute approximate surface area is 106 Å². The summed E-state index contributed by atoms with van der Waals surface area (Å²) in [6.45, 7) is 0.497. The van der Waals surface area contributed by atoms with E-state index in [0.717, 1.165) is 19.3 Å². The van der Waals surface area contributed by atoms with Crippen LogP contribution in [0.25, 0.3) is 0 Å². The Kier molecular flexibility index (Phi) is 3.96. The van der Waals surface area contributed by atoms with Crippen LogP contribution in [-0.2, 0) is 0 Å². The molecule has 1 aromatic rings. The van der Waals surface area contributed by atoms with Crippen LogP contribution in [0, 0.1) is 17.2 Å². The number of nitrogens with zero attached hydrogens (tertiary/aromatic N) is 1. The predicted molar refractivity (Wildman–Crippen MR) is 66.8 cm³/mol. The van der Waals surface area contributed by atoms with Gasteiger partial charge in [0.2, 0.25) is 0 Å². The summed E-state index contributed by atoms with van der Waals surface area (Å²) in [4.78, 5) is 11.9. The maximum absolute atomic E-state index is 11.9. The van der Waals surface area contributed by atoms with E-state index in [4.69, 9.17) is 5.26 Å². The minimum Gasteiger partial charge on any atom is -0.393 e. The number of hydrogen-bond acceptors (Lipinski definition) is 3. The Morgan fingerprint density at radius 1 is 1.50 bits per heavy atom. The van der Waals surface area contributed by atoms with E-state index in [1.165, 1.54) is 0 Å². The van der Waals surface area contributed by atoms with E-state index in [-0.39, 0.29) is 17.9 Å². The van der Waals surface area contributed by atoms with E-state index in [1.54, 1.807) is 24.3 Å². The molecular formula is C14H16N2O2. The highest BCUT2D eigenvalue weighted by molar-refractivity contribution is 5.94. The molecule has 0 bridgehead atoms. The Morgan fingerprint density at radius 3 is 3.00 bits per heavy atom. The summed E-state index contributed by atoms with van der Waals surface area (Å²) >= 11 is 0. The number of benzene rings is 1. The van der Waals surface area contributed by atoms with E-state index in [2.05, 4.69) is 5.32 Å². The molecule has 0 spiro atoms. The summed E-state index contributed by atoms with van der Waals surface area (Å²) in [6.07, 6.45) is 2.51. The lowest BCUT2D eigenvalue weighted by Crippen LogP contribution is -2.32. The fourth-order valence-corrected chi connectivity index (χ4v) is 2.31. The van der Waals surface area contributed by atoms with E-state index in [9.17, 15) is 9.90 Å². The molecule has 0 radical (unpaired) electrons. The first-order valence-corrected chi connectivity index (χ1v) is 6.17. The Hall–Kier alpha value is -1.86. The first-order chi connectivity index (χ1) is 8.70. The molecule has 1 aliphatic rings. The second-order valence-corrected chi connectivity index (χ2v) is 4.66. The van der Waals surface area contributed by atoms with Crippen molar-refractivity contribution in [3.63, 3.8) is 0 Å². The number of carbonyl (C=O) groups excluding carboxylic acids is 1. The number of nitrogens with one attached hydrogen (secondary N) is 1. The van der Waals surface area contributed by atoms with Gasteiger partial charge in [0.15, 0.2) is 0 Å². The van der Waals surface area contributed by atoms with Gasteiger partial charge in [-0.15, -0.1) is 0 Å². The zero-order chi connectivity index (χ0) is 13.0. The van der Waals surface area contributed by atoms with Gasteiger partial charge in [0.25, 0.3) is 5.91 Å². The summed E-state index contributed by atoms with van der Waals surface area (Å²) in [5.41, 5.74) is 0.963. The number of carbonyl (C=O) groups is 1. The second-order valence-electron chi connectivity index (χ2n) is 4.66. The fourth-order valence-electron chi connectivity index (χ4n) is 2.31. The third kappa shape index (κ3) is 2.88. The maximum Gasteiger partial charge on any atom is 0.251 e. The van der Waals surface area contributed by atoms with Gasteiger partial charge in [-0.1, -0.05) is 12.5 Å². The van der Waals surface area contributed by atoms with Crippen molar-refractivity contribution in [3.8, 4) is 6.07 Å². The largest absolute Gasteiger partial charge is 0.393 e. The Morgan fingerprint density at radius 2 is 2.33 bits per heavy atom. The molecular weight excluding hydrogens is 228 g/mol. The van der Waals surface area contributed by atoms with Gasteiger partial charge in [-0.25, -0.2) is 0 Å². The Balaban J connectivity index is 1.93. The van der Waals surface area contributed by atoms with E-state index in [1.807, 2.05) is 6.07 Å². The van der Waals surface area contributed by atoms with Crippen LogP contribution in [0.4, 0.5) is 0 Å². The Bertz CT molecular complexity index is 479. The normalized spacial score (nSPS) is 22.4. The molecule has 4 nitrogen and oxygen atoms in total. The van der Waals surface area contributed by atoms with Crippen LogP contribution in [0.1, 0.15) is 35.2 Å². The molecule has 0 aliphatic heterocycles. The first-order valence-electron chi connectivity index (χ1n) is 6.17. The van der Waals surface area contributed by atoms with Gasteiger partial charge in [-0.2, -0.15) is 5.26 Å². The molecule has 18 heavy (non-hydrogen) atoms. The summed E-state index contributed by atoms with van der Waals surface area (Å²) < 4.78 is 0. The van der Waals surface area contributed by atoms with Gasteiger partial charge in [0.1, 0.15) is 0 Å². The zero-order valence-electron chi connectivity index (χ0n) is 10.1. The average molecular weight is 244 g/mol. The van der Waals surface area contributed by atoms with Crippen LogP contribution in [0.3, 0.4) is 0 Å². The lowest BCUT2D eigenvalue weighted by molar-refractivity contribution is 0.0917. The van der Waals surface area contributed by atoms with Crippen molar-refractivity contribution in [2.24, 2.45) is 5.92 Å². The molecule has 2 N–H and O–H groups in total. The van der Waals surface area contributed by atoms with Crippen LogP contribution in [0.15, 0.2) is 24.3 Å². The van der Waals surface area contributed by atoms with Crippen molar-refractivity contribution in [1.29, 1.82) is 5.26 Å². The third-order valence-electron chi connectivity index (χ3n) is 3.40. The summed E-state index contributed by atoms with van der Waals surface area (Å²) in [5, 5.41) is 21.2. The van der Waals surface area contributed by atoms with E-state index < -0.39 is 0 Å². The molecule has 94 valence electrons. The van der Waals surface area contributed by atoms with Crippen molar-refractivity contribution in [1.82, 2.24) is 5.32 Å². The van der Waals surface area contributed by atoms with Crippen molar-refractivity contribution in [2.75, 3.05) is 6.54 Å². The number of amides is 1. The summed E-state index contributed by atoms with van der Waals surface area (Å²) in [5.74, 6) is -0.0284. The van der Waals surface area contributed by atoms with Gasteiger partial charge < -0.3 is 10.4 Å². The number of aliphatic hydroxyl groups excluding tert-OH is 1. The molecule has 1 saturated carbocycles. The highest BCUT2D eigenvalue weighted by Crippen LogP contribution is 2.24. The molecule has 0 saturated heterocycles. The van der Waals surface area contributed by atoms with Crippen LogP contribution in [0.5, 0.6) is 0 Å². The molecule has 2 atom stereocenters. The third-order valence-corrected chi connectivity index (χ3v) is 3.40. The lowest BCUT2D eigenvalue weighted by Gasteiger charge is -2.15. The highest BCUT2D eigenvalue weighted by Gasteiger charge is 2.25.